The van der Waals surface area contributed by atoms with Crippen LogP contribution in [0.4, 0.5) is 5.69 Å². The molecule has 2 nitrogen and oxygen atoms in total. The van der Waals surface area contributed by atoms with E-state index in [4.69, 9.17) is 0 Å². The van der Waals surface area contributed by atoms with Crippen molar-refractivity contribution in [3.8, 4) is 0 Å². The highest BCUT2D eigenvalue weighted by Gasteiger charge is 2.19. The van der Waals surface area contributed by atoms with Crippen molar-refractivity contribution in [2.75, 3.05) is 24.5 Å². The molecule has 3 heteroatoms. The molecule has 2 aromatic carbocycles. The standard InChI is InChI=1S/C17H19IN2/c18-15-6-8-17(9-7-15)20-11-10-19-16(13-20)12-14-4-2-1-3-5-14/h1-9,16,19H,10-13H2. The fourth-order valence-electron chi connectivity index (χ4n) is 2.75. The van der Waals surface area contributed by atoms with Gasteiger partial charge in [-0.1, -0.05) is 30.3 Å². The molecule has 104 valence electrons. The van der Waals surface area contributed by atoms with E-state index in [-0.39, 0.29) is 0 Å². The van der Waals surface area contributed by atoms with Crippen molar-refractivity contribution in [3.63, 3.8) is 0 Å². The average molecular weight is 378 g/mol. The largest absolute Gasteiger partial charge is 0.369 e. The van der Waals surface area contributed by atoms with Crippen LogP contribution in [0.2, 0.25) is 0 Å². The molecule has 20 heavy (non-hydrogen) atoms. The lowest BCUT2D eigenvalue weighted by Crippen LogP contribution is -2.51. The topological polar surface area (TPSA) is 15.3 Å². The Kier molecular flexibility index (Phi) is 4.58. The molecule has 1 aliphatic rings. The predicted molar refractivity (Wildman–Crippen MR) is 93.3 cm³/mol. The average Bonchev–Trinajstić information content (AvgIpc) is 2.49. The molecule has 0 spiro atoms. The Labute approximate surface area is 134 Å². The zero-order chi connectivity index (χ0) is 13.8. The van der Waals surface area contributed by atoms with Crippen molar-refractivity contribution in [1.29, 1.82) is 0 Å². The second kappa shape index (κ2) is 6.59. The van der Waals surface area contributed by atoms with Gasteiger partial charge in [-0.25, -0.2) is 0 Å². The number of piperazine rings is 1. The first kappa shape index (κ1) is 13.9. The lowest BCUT2D eigenvalue weighted by atomic mass is 10.0. The fraction of sp³-hybridized carbons (Fsp3) is 0.294. The Morgan fingerprint density at radius 1 is 1.05 bits per heavy atom. The molecule has 0 aromatic heterocycles. The van der Waals surface area contributed by atoms with Crippen LogP contribution in [0.15, 0.2) is 54.6 Å². The van der Waals surface area contributed by atoms with E-state index in [1.165, 1.54) is 14.8 Å². The minimum absolute atomic E-state index is 0.533. The molecule has 3 rings (SSSR count). The predicted octanol–water partition coefficient (Wildman–Crippen LogP) is 3.31. The van der Waals surface area contributed by atoms with Gasteiger partial charge in [0.25, 0.3) is 0 Å². The Morgan fingerprint density at radius 2 is 1.80 bits per heavy atom. The minimum Gasteiger partial charge on any atom is -0.369 e. The zero-order valence-corrected chi connectivity index (χ0v) is 13.6. The number of anilines is 1. The fourth-order valence-corrected chi connectivity index (χ4v) is 3.11. The van der Waals surface area contributed by atoms with Crippen molar-refractivity contribution in [2.45, 2.75) is 12.5 Å². The lowest BCUT2D eigenvalue weighted by molar-refractivity contribution is 0.455. The van der Waals surface area contributed by atoms with Crippen molar-refractivity contribution in [3.05, 3.63) is 63.7 Å². The van der Waals surface area contributed by atoms with Crippen LogP contribution in [0.3, 0.4) is 0 Å². The van der Waals surface area contributed by atoms with Gasteiger partial charge in [-0.3, -0.25) is 0 Å². The van der Waals surface area contributed by atoms with Gasteiger partial charge in [0.05, 0.1) is 0 Å². The van der Waals surface area contributed by atoms with Gasteiger partial charge in [0, 0.05) is 34.9 Å². The van der Waals surface area contributed by atoms with Crippen molar-refractivity contribution < 1.29 is 0 Å². The van der Waals surface area contributed by atoms with Gasteiger partial charge in [0.15, 0.2) is 0 Å². The zero-order valence-electron chi connectivity index (χ0n) is 11.4. The number of hydrogen-bond donors (Lipinski definition) is 1. The first-order chi connectivity index (χ1) is 9.81. The number of nitrogens with one attached hydrogen (secondary N) is 1. The van der Waals surface area contributed by atoms with E-state index in [1.807, 2.05) is 0 Å². The molecule has 1 heterocycles. The third-order valence-corrected chi connectivity index (χ3v) is 4.49. The van der Waals surface area contributed by atoms with E-state index < -0.39 is 0 Å². The number of rotatable bonds is 3. The number of hydrogen-bond acceptors (Lipinski definition) is 2. The smallest absolute Gasteiger partial charge is 0.0367 e. The van der Waals surface area contributed by atoms with Gasteiger partial charge in [-0.15, -0.1) is 0 Å². The maximum Gasteiger partial charge on any atom is 0.0367 e. The van der Waals surface area contributed by atoms with Crippen LogP contribution in [0, 0.1) is 3.57 Å². The summed E-state index contributed by atoms with van der Waals surface area (Å²) in [5.74, 6) is 0. The van der Waals surface area contributed by atoms with E-state index >= 15 is 0 Å². The summed E-state index contributed by atoms with van der Waals surface area (Å²) in [5.41, 5.74) is 2.75. The van der Waals surface area contributed by atoms with Gasteiger partial charge in [0.1, 0.15) is 0 Å². The SMILES string of the molecule is Ic1ccc(N2CCNC(Cc3ccccc3)C2)cc1. The first-order valence-electron chi connectivity index (χ1n) is 7.09. The molecule has 1 fully saturated rings. The van der Waals surface area contributed by atoms with Gasteiger partial charge in [-0.05, 0) is 58.8 Å². The van der Waals surface area contributed by atoms with Crippen molar-refractivity contribution >= 4 is 28.3 Å². The van der Waals surface area contributed by atoms with Crippen molar-refractivity contribution in [1.82, 2.24) is 5.32 Å². The maximum absolute atomic E-state index is 3.64. The highest BCUT2D eigenvalue weighted by Crippen LogP contribution is 2.18. The molecule has 2 aromatic rings. The van der Waals surface area contributed by atoms with E-state index in [9.17, 15) is 0 Å². The third kappa shape index (κ3) is 3.52. The summed E-state index contributed by atoms with van der Waals surface area (Å²) in [6, 6.07) is 20.1. The van der Waals surface area contributed by atoms with Gasteiger partial charge >= 0.3 is 0 Å². The summed E-state index contributed by atoms with van der Waals surface area (Å²) in [6.45, 7) is 3.23. The van der Waals surface area contributed by atoms with Gasteiger partial charge in [0.2, 0.25) is 0 Å². The summed E-state index contributed by atoms with van der Waals surface area (Å²) >= 11 is 2.36. The van der Waals surface area contributed by atoms with E-state index in [1.54, 1.807) is 0 Å². The second-order valence-electron chi connectivity index (χ2n) is 5.26. The molecule has 1 N–H and O–H groups in total. The summed E-state index contributed by atoms with van der Waals surface area (Å²) in [4.78, 5) is 2.49. The Hall–Kier alpha value is -1.07. The Bertz CT molecular complexity index is 539. The van der Waals surface area contributed by atoms with Crippen LogP contribution < -0.4 is 10.2 Å². The Balaban J connectivity index is 1.66. The molecule has 1 aliphatic heterocycles. The molecule has 0 radical (unpaired) electrons. The van der Waals surface area contributed by atoms with Crippen LogP contribution in [0.25, 0.3) is 0 Å². The van der Waals surface area contributed by atoms with Crippen LogP contribution in [0.5, 0.6) is 0 Å². The molecular weight excluding hydrogens is 359 g/mol. The number of halogens is 1. The first-order valence-corrected chi connectivity index (χ1v) is 8.17. The normalized spacial score (nSPS) is 19.1. The quantitative estimate of drug-likeness (QED) is 0.825. The maximum atomic E-state index is 3.64. The summed E-state index contributed by atoms with van der Waals surface area (Å²) in [7, 11) is 0. The Morgan fingerprint density at radius 3 is 2.55 bits per heavy atom. The van der Waals surface area contributed by atoms with Crippen LogP contribution >= 0.6 is 22.6 Å². The van der Waals surface area contributed by atoms with Crippen LogP contribution in [-0.2, 0) is 6.42 Å². The number of nitrogens with zero attached hydrogens (tertiary/aromatic N) is 1. The molecular formula is C17H19IN2. The van der Waals surface area contributed by atoms with Gasteiger partial charge in [-0.2, -0.15) is 0 Å². The van der Waals surface area contributed by atoms with E-state index in [2.05, 4.69) is 87.4 Å². The molecule has 1 saturated heterocycles. The van der Waals surface area contributed by atoms with Crippen LogP contribution in [-0.4, -0.2) is 25.7 Å². The monoisotopic (exact) mass is 378 g/mol. The molecule has 0 amide bonds. The molecule has 0 aliphatic carbocycles. The molecule has 0 bridgehead atoms. The highest BCUT2D eigenvalue weighted by molar-refractivity contribution is 14.1. The highest BCUT2D eigenvalue weighted by atomic mass is 127. The minimum atomic E-state index is 0.533. The molecule has 0 saturated carbocycles. The molecule has 1 unspecified atom stereocenters. The summed E-state index contributed by atoms with van der Waals surface area (Å²) in [6.07, 6.45) is 1.10. The number of benzene rings is 2. The van der Waals surface area contributed by atoms with Gasteiger partial charge < -0.3 is 10.2 Å². The van der Waals surface area contributed by atoms with E-state index in [0.717, 1.165) is 26.1 Å². The van der Waals surface area contributed by atoms with Crippen LogP contribution in [0.1, 0.15) is 5.56 Å². The van der Waals surface area contributed by atoms with E-state index in [0.29, 0.717) is 6.04 Å². The molecule has 1 atom stereocenters. The lowest BCUT2D eigenvalue weighted by Gasteiger charge is -2.35. The van der Waals surface area contributed by atoms with Crippen molar-refractivity contribution in [2.24, 2.45) is 0 Å². The third-order valence-electron chi connectivity index (χ3n) is 3.77. The summed E-state index contributed by atoms with van der Waals surface area (Å²) < 4.78 is 1.29. The summed E-state index contributed by atoms with van der Waals surface area (Å²) in [5, 5.41) is 3.64. The second-order valence-corrected chi connectivity index (χ2v) is 6.51.